The number of carbonyl (C=O) groups is 1. The number of hydrogen-bond acceptors (Lipinski definition) is 7. The first-order valence-electron chi connectivity index (χ1n) is 12.7. The summed E-state index contributed by atoms with van der Waals surface area (Å²) < 4.78 is 11.2. The third-order valence-electron chi connectivity index (χ3n) is 6.82. The van der Waals surface area contributed by atoms with E-state index in [0.717, 1.165) is 35.7 Å². The van der Waals surface area contributed by atoms with Gasteiger partial charge in [-0.15, -0.1) is 0 Å². The van der Waals surface area contributed by atoms with Crippen LogP contribution in [-0.2, 0) is 4.79 Å². The van der Waals surface area contributed by atoms with Gasteiger partial charge in [0.25, 0.3) is 5.91 Å². The molecule has 2 N–H and O–H groups in total. The number of methoxy groups -OCH3 is 1. The summed E-state index contributed by atoms with van der Waals surface area (Å²) in [6, 6.07) is 22.0. The Bertz CT molecular complexity index is 1530. The van der Waals surface area contributed by atoms with Crippen molar-refractivity contribution < 1.29 is 19.4 Å². The van der Waals surface area contributed by atoms with Crippen LogP contribution in [0.2, 0.25) is 0 Å². The Morgan fingerprint density at radius 2 is 1.69 bits per heavy atom. The topological polar surface area (TPSA) is 108 Å². The van der Waals surface area contributed by atoms with Crippen LogP contribution >= 0.6 is 0 Å². The molecule has 5 rings (SSSR count). The highest BCUT2D eigenvalue weighted by atomic mass is 16.5. The van der Waals surface area contributed by atoms with E-state index < -0.39 is 5.69 Å². The molecule has 0 saturated carbocycles. The number of aromatic hydroxyl groups is 1. The van der Waals surface area contributed by atoms with Gasteiger partial charge in [0.1, 0.15) is 17.2 Å². The van der Waals surface area contributed by atoms with Crippen molar-refractivity contribution >= 4 is 11.6 Å². The zero-order chi connectivity index (χ0) is 27.4. The van der Waals surface area contributed by atoms with Crippen LogP contribution in [0, 0.1) is 6.92 Å². The smallest absolute Gasteiger partial charge is 0.345 e. The van der Waals surface area contributed by atoms with Gasteiger partial charge < -0.3 is 29.4 Å². The number of anilines is 1. The lowest BCUT2D eigenvalue weighted by molar-refractivity contribution is -0.133. The second-order valence-electron chi connectivity index (χ2n) is 9.34. The maximum atomic E-state index is 12.8. The number of aromatic nitrogens is 2. The van der Waals surface area contributed by atoms with E-state index in [2.05, 4.69) is 14.9 Å². The van der Waals surface area contributed by atoms with E-state index in [4.69, 9.17) is 9.47 Å². The fraction of sp³-hybridized carbons (Fsp3) is 0.233. The highest BCUT2D eigenvalue weighted by Gasteiger charge is 2.23. The molecule has 1 aliphatic heterocycles. The fourth-order valence-corrected chi connectivity index (χ4v) is 4.63. The molecule has 9 heteroatoms. The number of ether oxygens (including phenoxy) is 2. The number of phenolic OH excluding ortho intramolecular Hbond substituents is 1. The van der Waals surface area contributed by atoms with E-state index in [-0.39, 0.29) is 18.3 Å². The van der Waals surface area contributed by atoms with E-state index in [0.29, 0.717) is 35.8 Å². The van der Waals surface area contributed by atoms with Crippen LogP contribution in [0.15, 0.2) is 77.6 Å². The first kappa shape index (κ1) is 25.8. The molecule has 1 aromatic heterocycles. The number of para-hydroxylation sites is 2. The van der Waals surface area contributed by atoms with Crippen molar-refractivity contribution in [3.05, 3.63) is 88.8 Å². The van der Waals surface area contributed by atoms with E-state index in [1.807, 2.05) is 41.3 Å². The van der Waals surface area contributed by atoms with Crippen molar-refractivity contribution in [2.45, 2.75) is 6.92 Å². The van der Waals surface area contributed by atoms with Crippen LogP contribution in [0.3, 0.4) is 0 Å². The van der Waals surface area contributed by atoms with Gasteiger partial charge in [-0.25, -0.2) is 4.79 Å². The number of carbonyl (C=O) groups excluding carboxylic acids is 1. The molecule has 39 heavy (non-hydrogen) atoms. The van der Waals surface area contributed by atoms with Crippen molar-refractivity contribution in [2.75, 3.05) is 44.8 Å². The van der Waals surface area contributed by atoms with Gasteiger partial charge in [0, 0.05) is 31.7 Å². The standard InChI is InChI=1S/C30H30N4O5/c1-20-17-22(9-12-27(20)35)25-18-24(31-30(37)32-25)21-7-10-23(11-8-21)39-19-29(36)34-15-13-33(14-16-34)26-5-3-4-6-28(26)38-2/h3-12,17-18,35H,13-16,19H2,1-2H3,(H,31,32,37). The molecule has 200 valence electrons. The van der Waals surface area contributed by atoms with Crippen LogP contribution in [0.4, 0.5) is 5.69 Å². The second kappa shape index (κ2) is 11.3. The minimum Gasteiger partial charge on any atom is -0.508 e. The lowest BCUT2D eigenvalue weighted by atomic mass is 10.1. The number of nitrogens with zero attached hydrogens (tertiary/aromatic N) is 3. The predicted octanol–water partition coefficient (Wildman–Crippen LogP) is 3.85. The number of H-pyrrole nitrogens is 1. The monoisotopic (exact) mass is 526 g/mol. The number of benzene rings is 3. The Labute approximate surface area is 226 Å². The quantitative estimate of drug-likeness (QED) is 0.377. The molecule has 1 amide bonds. The van der Waals surface area contributed by atoms with E-state index >= 15 is 0 Å². The number of phenols is 1. The summed E-state index contributed by atoms with van der Waals surface area (Å²) >= 11 is 0. The summed E-state index contributed by atoms with van der Waals surface area (Å²) in [6.07, 6.45) is 0. The minimum absolute atomic E-state index is 0.0511. The first-order chi connectivity index (χ1) is 18.9. The molecule has 9 nitrogen and oxygen atoms in total. The van der Waals surface area contributed by atoms with Crippen molar-refractivity contribution in [1.29, 1.82) is 0 Å². The third-order valence-corrected chi connectivity index (χ3v) is 6.82. The molecular weight excluding hydrogens is 496 g/mol. The highest BCUT2D eigenvalue weighted by molar-refractivity contribution is 5.78. The van der Waals surface area contributed by atoms with E-state index in [1.54, 1.807) is 50.4 Å². The number of nitrogens with one attached hydrogen (secondary N) is 1. The first-order valence-corrected chi connectivity index (χ1v) is 12.7. The Hall–Kier alpha value is -4.79. The Morgan fingerprint density at radius 3 is 2.41 bits per heavy atom. The van der Waals surface area contributed by atoms with Gasteiger partial charge in [0.15, 0.2) is 6.61 Å². The Balaban J connectivity index is 1.19. The summed E-state index contributed by atoms with van der Waals surface area (Å²) in [5.41, 5.74) is 3.89. The van der Waals surface area contributed by atoms with Gasteiger partial charge in [0.05, 0.1) is 24.2 Å². The lowest BCUT2D eigenvalue weighted by Gasteiger charge is -2.36. The largest absolute Gasteiger partial charge is 0.508 e. The molecule has 1 fully saturated rings. The van der Waals surface area contributed by atoms with Crippen molar-refractivity contribution in [3.63, 3.8) is 0 Å². The summed E-state index contributed by atoms with van der Waals surface area (Å²) in [6.45, 7) is 4.39. The van der Waals surface area contributed by atoms with E-state index in [1.165, 1.54) is 0 Å². The normalized spacial score (nSPS) is 13.3. The third kappa shape index (κ3) is 5.87. The second-order valence-corrected chi connectivity index (χ2v) is 9.34. The maximum Gasteiger partial charge on any atom is 0.345 e. The van der Waals surface area contributed by atoms with Crippen LogP contribution in [0.25, 0.3) is 22.5 Å². The molecule has 1 saturated heterocycles. The SMILES string of the molecule is COc1ccccc1N1CCN(C(=O)COc2ccc(-c3cc(-c4ccc(O)c(C)c4)nc(=O)[nH]3)cc2)CC1. The molecule has 3 aromatic carbocycles. The zero-order valence-electron chi connectivity index (χ0n) is 21.9. The number of aromatic amines is 1. The number of aryl methyl sites for hydroxylation is 1. The molecule has 4 aromatic rings. The van der Waals surface area contributed by atoms with Crippen LogP contribution in [0.1, 0.15) is 5.56 Å². The summed E-state index contributed by atoms with van der Waals surface area (Å²) in [5.74, 6) is 1.51. The summed E-state index contributed by atoms with van der Waals surface area (Å²) in [5, 5.41) is 9.80. The van der Waals surface area contributed by atoms with Gasteiger partial charge in [-0.2, -0.15) is 4.98 Å². The Kier molecular flexibility index (Phi) is 7.49. The van der Waals surface area contributed by atoms with Gasteiger partial charge in [-0.3, -0.25) is 4.79 Å². The highest BCUT2D eigenvalue weighted by Crippen LogP contribution is 2.29. The molecule has 2 heterocycles. The molecule has 0 bridgehead atoms. The van der Waals surface area contributed by atoms with Gasteiger partial charge >= 0.3 is 5.69 Å². The summed E-state index contributed by atoms with van der Waals surface area (Å²) in [4.78, 5) is 35.9. The molecule has 0 radical (unpaired) electrons. The fourth-order valence-electron chi connectivity index (χ4n) is 4.63. The maximum absolute atomic E-state index is 12.8. The average molecular weight is 527 g/mol. The molecule has 0 aliphatic carbocycles. The zero-order valence-corrected chi connectivity index (χ0v) is 21.9. The van der Waals surface area contributed by atoms with Gasteiger partial charge in [-0.05, 0) is 78.7 Å². The van der Waals surface area contributed by atoms with Crippen LogP contribution in [-0.4, -0.2) is 65.8 Å². The van der Waals surface area contributed by atoms with Crippen molar-refractivity contribution in [3.8, 4) is 39.8 Å². The van der Waals surface area contributed by atoms with Crippen LogP contribution < -0.4 is 20.1 Å². The van der Waals surface area contributed by atoms with Gasteiger partial charge in [0.2, 0.25) is 0 Å². The average Bonchev–Trinajstić information content (AvgIpc) is 2.97. The number of rotatable bonds is 7. The number of hydrogen-bond donors (Lipinski definition) is 2. The molecule has 0 spiro atoms. The minimum atomic E-state index is -0.468. The lowest BCUT2D eigenvalue weighted by Crippen LogP contribution is -2.50. The molecule has 0 unspecified atom stereocenters. The summed E-state index contributed by atoms with van der Waals surface area (Å²) in [7, 11) is 1.66. The van der Waals surface area contributed by atoms with E-state index in [9.17, 15) is 14.7 Å². The number of piperazine rings is 1. The van der Waals surface area contributed by atoms with Crippen LogP contribution in [0.5, 0.6) is 17.2 Å². The Morgan fingerprint density at radius 1 is 0.974 bits per heavy atom. The van der Waals surface area contributed by atoms with Crippen molar-refractivity contribution in [2.24, 2.45) is 0 Å². The van der Waals surface area contributed by atoms with Gasteiger partial charge in [-0.1, -0.05) is 12.1 Å². The molecule has 0 atom stereocenters. The predicted molar refractivity (Wildman–Crippen MR) is 149 cm³/mol. The molecule has 1 aliphatic rings. The molecular formula is C30H30N4O5. The number of amides is 1. The van der Waals surface area contributed by atoms with Crippen molar-refractivity contribution in [1.82, 2.24) is 14.9 Å².